The van der Waals surface area contributed by atoms with E-state index in [-0.39, 0.29) is 11.8 Å². The van der Waals surface area contributed by atoms with Gasteiger partial charge in [0, 0.05) is 45.3 Å². The van der Waals surface area contributed by atoms with Gasteiger partial charge in [0.25, 0.3) is 5.91 Å². The molecule has 1 aromatic rings. The molecule has 0 aromatic carbocycles. The molecule has 0 bridgehead atoms. The highest BCUT2D eigenvalue weighted by molar-refractivity contribution is 5.94. The summed E-state index contributed by atoms with van der Waals surface area (Å²) in [4.78, 5) is 28.4. The van der Waals surface area contributed by atoms with Crippen molar-refractivity contribution in [3.05, 3.63) is 18.0 Å². The van der Waals surface area contributed by atoms with Crippen molar-refractivity contribution in [2.24, 2.45) is 13.0 Å². The Morgan fingerprint density at radius 2 is 1.71 bits per heavy atom. The van der Waals surface area contributed by atoms with Gasteiger partial charge in [0.2, 0.25) is 5.91 Å². The van der Waals surface area contributed by atoms with Crippen LogP contribution in [0.1, 0.15) is 36.0 Å². The minimum atomic E-state index is 0.0102. The molecular weight excluding hydrogens is 268 g/mol. The van der Waals surface area contributed by atoms with Crippen LogP contribution in [0.4, 0.5) is 0 Å². The van der Waals surface area contributed by atoms with E-state index in [9.17, 15) is 9.59 Å². The normalized spacial score (nSPS) is 20.0. The van der Waals surface area contributed by atoms with Crippen molar-refractivity contribution in [2.45, 2.75) is 25.7 Å². The van der Waals surface area contributed by atoms with Crippen LogP contribution >= 0.6 is 0 Å². The van der Waals surface area contributed by atoms with E-state index in [1.165, 1.54) is 12.8 Å². The third kappa shape index (κ3) is 2.94. The highest BCUT2D eigenvalue weighted by Crippen LogP contribution is 2.27. The lowest BCUT2D eigenvalue weighted by Gasteiger charge is -2.35. The Kier molecular flexibility index (Phi) is 3.94. The van der Waals surface area contributed by atoms with Crippen LogP contribution in [0.25, 0.3) is 0 Å². The molecule has 2 aliphatic rings. The van der Waals surface area contributed by atoms with Crippen molar-refractivity contribution in [1.29, 1.82) is 0 Å². The molecule has 2 amide bonds. The van der Waals surface area contributed by atoms with Crippen molar-refractivity contribution in [3.63, 3.8) is 0 Å². The first-order valence-electron chi connectivity index (χ1n) is 7.72. The first-order chi connectivity index (χ1) is 10.1. The van der Waals surface area contributed by atoms with Crippen LogP contribution in [0.5, 0.6) is 0 Å². The molecule has 1 aliphatic heterocycles. The summed E-state index contributed by atoms with van der Waals surface area (Å²) >= 11 is 0. The molecule has 114 valence electrons. The van der Waals surface area contributed by atoms with Crippen LogP contribution in [0.2, 0.25) is 0 Å². The molecule has 0 spiro atoms. The second kappa shape index (κ2) is 5.87. The van der Waals surface area contributed by atoms with Crippen LogP contribution in [0.15, 0.2) is 12.4 Å². The number of aryl methyl sites for hydroxylation is 1. The molecule has 21 heavy (non-hydrogen) atoms. The van der Waals surface area contributed by atoms with E-state index in [1.807, 2.05) is 9.80 Å². The van der Waals surface area contributed by atoms with Crippen LogP contribution in [0, 0.1) is 5.92 Å². The van der Waals surface area contributed by atoms with E-state index in [2.05, 4.69) is 5.10 Å². The van der Waals surface area contributed by atoms with Crippen LogP contribution in [0.3, 0.4) is 0 Å². The average Bonchev–Trinajstić information content (AvgIpc) is 3.17. The van der Waals surface area contributed by atoms with Gasteiger partial charge in [-0.05, 0) is 12.8 Å². The van der Waals surface area contributed by atoms with Gasteiger partial charge in [-0.1, -0.05) is 12.8 Å². The predicted octanol–water partition coefficient (Wildman–Crippen LogP) is 0.895. The molecule has 1 saturated carbocycles. The van der Waals surface area contributed by atoms with E-state index in [1.54, 1.807) is 24.1 Å². The van der Waals surface area contributed by atoms with Gasteiger partial charge in [-0.2, -0.15) is 5.10 Å². The van der Waals surface area contributed by atoms with Gasteiger partial charge in [0.1, 0.15) is 0 Å². The Morgan fingerprint density at radius 1 is 1.10 bits per heavy atom. The van der Waals surface area contributed by atoms with Crippen molar-refractivity contribution >= 4 is 11.8 Å². The molecular formula is C15H22N4O2. The van der Waals surface area contributed by atoms with Gasteiger partial charge in [0.15, 0.2) is 0 Å². The van der Waals surface area contributed by atoms with E-state index in [0.717, 1.165) is 12.8 Å². The van der Waals surface area contributed by atoms with Crippen LogP contribution in [-0.2, 0) is 11.8 Å². The summed E-state index contributed by atoms with van der Waals surface area (Å²) in [5.41, 5.74) is 0.619. The Morgan fingerprint density at radius 3 is 2.29 bits per heavy atom. The van der Waals surface area contributed by atoms with Crippen LogP contribution < -0.4 is 0 Å². The smallest absolute Gasteiger partial charge is 0.257 e. The summed E-state index contributed by atoms with van der Waals surface area (Å²) in [7, 11) is 1.80. The van der Waals surface area contributed by atoms with E-state index in [4.69, 9.17) is 0 Å². The fraction of sp³-hybridized carbons (Fsp3) is 0.667. The van der Waals surface area contributed by atoms with Gasteiger partial charge in [-0.15, -0.1) is 0 Å². The lowest BCUT2D eigenvalue weighted by atomic mass is 10.1. The second-order valence-corrected chi connectivity index (χ2v) is 6.00. The summed E-state index contributed by atoms with van der Waals surface area (Å²) < 4.78 is 1.63. The van der Waals surface area contributed by atoms with Gasteiger partial charge in [-0.3, -0.25) is 14.3 Å². The quantitative estimate of drug-likeness (QED) is 0.813. The molecule has 2 heterocycles. The lowest BCUT2D eigenvalue weighted by molar-refractivity contribution is -0.136. The second-order valence-electron chi connectivity index (χ2n) is 6.00. The topological polar surface area (TPSA) is 58.4 Å². The minimum Gasteiger partial charge on any atom is -0.339 e. The number of hydrogen-bond donors (Lipinski definition) is 0. The summed E-state index contributed by atoms with van der Waals surface area (Å²) in [5, 5.41) is 4.03. The van der Waals surface area contributed by atoms with Gasteiger partial charge >= 0.3 is 0 Å². The Labute approximate surface area is 124 Å². The summed E-state index contributed by atoms with van der Waals surface area (Å²) in [6.07, 6.45) is 7.75. The number of aromatic nitrogens is 2. The maximum atomic E-state index is 12.4. The van der Waals surface area contributed by atoms with Gasteiger partial charge < -0.3 is 9.80 Å². The Hall–Kier alpha value is -1.85. The monoisotopic (exact) mass is 290 g/mol. The van der Waals surface area contributed by atoms with Crippen molar-refractivity contribution in [1.82, 2.24) is 19.6 Å². The van der Waals surface area contributed by atoms with Crippen molar-refractivity contribution in [2.75, 3.05) is 26.2 Å². The maximum absolute atomic E-state index is 12.4. The van der Waals surface area contributed by atoms with Gasteiger partial charge in [0.05, 0.1) is 11.8 Å². The van der Waals surface area contributed by atoms with Crippen molar-refractivity contribution < 1.29 is 9.59 Å². The molecule has 1 aliphatic carbocycles. The largest absolute Gasteiger partial charge is 0.339 e. The number of piperazine rings is 1. The number of carbonyl (C=O) groups excluding carboxylic acids is 2. The van der Waals surface area contributed by atoms with E-state index >= 15 is 0 Å². The average molecular weight is 290 g/mol. The van der Waals surface area contributed by atoms with E-state index < -0.39 is 0 Å². The van der Waals surface area contributed by atoms with Crippen LogP contribution in [-0.4, -0.2) is 57.6 Å². The standard InChI is InChI=1S/C15H22N4O2/c1-17-11-13(10-16-17)15(21)19-8-6-18(7-9-19)14(20)12-4-2-3-5-12/h10-12H,2-9H2,1H3. The number of nitrogens with zero attached hydrogens (tertiary/aromatic N) is 4. The number of amides is 2. The number of hydrogen-bond acceptors (Lipinski definition) is 3. The first kappa shape index (κ1) is 14.1. The third-order valence-corrected chi connectivity index (χ3v) is 4.53. The molecule has 2 fully saturated rings. The molecule has 0 unspecified atom stereocenters. The first-order valence-corrected chi connectivity index (χ1v) is 7.72. The zero-order valence-electron chi connectivity index (χ0n) is 12.5. The Balaban J connectivity index is 1.55. The zero-order chi connectivity index (χ0) is 14.8. The summed E-state index contributed by atoms with van der Waals surface area (Å²) in [6.45, 7) is 2.54. The summed E-state index contributed by atoms with van der Waals surface area (Å²) in [6, 6.07) is 0. The molecule has 6 heteroatoms. The fourth-order valence-corrected chi connectivity index (χ4v) is 3.28. The Bertz CT molecular complexity index is 526. The highest BCUT2D eigenvalue weighted by Gasteiger charge is 2.30. The molecule has 0 atom stereocenters. The fourth-order valence-electron chi connectivity index (χ4n) is 3.28. The SMILES string of the molecule is Cn1cc(C(=O)N2CCN(C(=O)C3CCCC3)CC2)cn1. The van der Waals surface area contributed by atoms with E-state index in [0.29, 0.717) is 37.6 Å². The molecule has 0 N–H and O–H groups in total. The van der Waals surface area contributed by atoms with Gasteiger partial charge in [-0.25, -0.2) is 0 Å². The molecule has 3 rings (SSSR count). The molecule has 6 nitrogen and oxygen atoms in total. The maximum Gasteiger partial charge on any atom is 0.257 e. The third-order valence-electron chi connectivity index (χ3n) is 4.53. The molecule has 1 aromatic heterocycles. The minimum absolute atomic E-state index is 0.0102. The predicted molar refractivity (Wildman–Crippen MR) is 77.6 cm³/mol. The number of rotatable bonds is 2. The lowest BCUT2D eigenvalue weighted by Crippen LogP contribution is -2.51. The molecule has 1 saturated heterocycles. The number of carbonyl (C=O) groups is 2. The highest BCUT2D eigenvalue weighted by atomic mass is 16.2. The van der Waals surface area contributed by atoms with Crippen molar-refractivity contribution in [3.8, 4) is 0 Å². The molecule has 0 radical (unpaired) electrons. The summed E-state index contributed by atoms with van der Waals surface area (Å²) in [5.74, 6) is 0.530. The zero-order valence-corrected chi connectivity index (χ0v) is 12.5.